The van der Waals surface area contributed by atoms with Crippen molar-refractivity contribution in [2.75, 3.05) is 6.54 Å². The maximum absolute atomic E-state index is 12.5. The van der Waals surface area contributed by atoms with E-state index in [2.05, 4.69) is 25.6 Å². The van der Waals surface area contributed by atoms with Gasteiger partial charge in [-0.15, -0.1) is 35.3 Å². The standard InChI is InChI=1S/C14H15ClF3N5S.HI/c1-2-19-13(21-6-9-3-4-11(15)20-5-9)22-7-12-23-10(8-24-12)14(16,17)18;/h3-5,8H,2,6-7H2,1H3,(H2,19,21,22);1H. The highest BCUT2D eigenvalue weighted by molar-refractivity contribution is 14.0. The number of aliphatic imine (C=N–C) groups is 1. The van der Waals surface area contributed by atoms with E-state index in [9.17, 15) is 13.2 Å². The van der Waals surface area contributed by atoms with Crippen LogP contribution in [0.25, 0.3) is 0 Å². The summed E-state index contributed by atoms with van der Waals surface area (Å²) in [5.74, 6) is 0.483. The van der Waals surface area contributed by atoms with Crippen LogP contribution in [0.1, 0.15) is 23.2 Å². The van der Waals surface area contributed by atoms with Crippen molar-refractivity contribution in [2.45, 2.75) is 26.2 Å². The van der Waals surface area contributed by atoms with Crippen LogP contribution in [-0.4, -0.2) is 22.5 Å². The number of alkyl halides is 3. The number of rotatable bonds is 5. The molecule has 2 N–H and O–H groups in total. The summed E-state index contributed by atoms with van der Waals surface area (Å²) < 4.78 is 37.6. The molecule has 0 aliphatic heterocycles. The van der Waals surface area contributed by atoms with E-state index in [0.29, 0.717) is 29.2 Å². The molecule has 0 spiro atoms. The average Bonchev–Trinajstić information content (AvgIpc) is 3.01. The lowest BCUT2D eigenvalue weighted by atomic mass is 10.3. The van der Waals surface area contributed by atoms with Crippen LogP contribution >= 0.6 is 46.9 Å². The van der Waals surface area contributed by atoms with Gasteiger partial charge in [0.25, 0.3) is 0 Å². The van der Waals surface area contributed by atoms with Gasteiger partial charge in [-0.3, -0.25) is 0 Å². The summed E-state index contributed by atoms with van der Waals surface area (Å²) in [6, 6.07) is 3.47. The van der Waals surface area contributed by atoms with Gasteiger partial charge in [-0.1, -0.05) is 17.7 Å². The van der Waals surface area contributed by atoms with Gasteiger partial charge in [0, 0.05) is 18.1 Å². The largest absolute Gasteiger partial charge is 0.434 e. The highest BCUT2D eigenvalue weighted by Gasteiger charge is 2.33. The molecule has 2 rings (SSSR count). The van der Waals surface area contributed by atoms with Crippen LogP contribution in [0.5, 0.6) is 0 Å². The molecule has 0 radical (unpaired) electrons. The minimum Gasteiger partial charge on any atom is -0.357 e. The van der Waals surface area contributed by atoms with E-state index in [1.165, 1.54) is 0 Å². The number of aromatic nitrogens is 2. The van der Waals surface area contributed by atoms with Gasteiger partial charge in [0.15, 0.2) is 11.7 Å². The molecule has 2 heterocycles. The number of halogens is 5. The third kappa shape index (κ3) is 7.32. The maximum atomic E-state index is 12.5. The maximum Gasteiger partial charge on any atom is 0.434 e. The molecule has 0 unspecified atom stereocenters. The Hall–Kier alpha value is -1.14. The fraction of sp³-hybridized carbons (Fsp3) is 0.357. The minimum atomic E-state index is -4.42. The van der Waals surface area contributed by atoms with Gasteiger partial charge in [-0.25, -0.2) is 15.0 Å². The highest BCUT2D eigenvalue weighted by atomic mass is 127. The Morgan fingerprint density at radius 2 is 2.08 bits per heavy atom. The van der Waals surface area contributed by atoms with Gasteiger partial charge in [0.05, 0.1) is 13.1 Å². The second kappa shape index (κ2) is 10.1. The van der Waals surface area contributed by atoms with Crippen LogP contribution < -0.4 is 10.6 Å². The van der Waals surface area contributed by atoms with Crippen LogP contribution in [0.15, 0.2) is 28.7 Å². The summed E-state index contributed by atoms with van der Waals surface area (Å²) in [6.45, 7) is 3.04. The lowest BCUT2D eigenvalue weighted by Crippen LogP contribution is -2.36. The molecule has 2 aromatic rings. The van der Waals surface area contributed by atoms with E-state index in [1.54, 1.807) is 18.3 Å². The lowest BCUT2D eigenvalue weighted by molar-refractivity contribution is -0.140. The third-order valence-electron chi connectivity index (χ3n) is 2.80. The monoisotopic (exact) mass is 505 g/mol. The van der Waals surface area contributed by atoms with Crippen molar-refractivity contribution in [1.82, 2.24) is 20.6 Å². The van der Waals surface area contributed by atoms with Crippen molar-refractivity contribution in [3.8, 4) is 0 Å². The fourth-order valence-electron chi connectivity index (χ4n) is 1.69. The van der Waals surface area contributed by atoms with Crippen molar-refractivity contribution < 1.29 is 13.2 Å². The second-order valence-electron chi connectivity index (χ2n) is 4.66. The molecule has 5 nitrogen and oxygen atoms in total. The lowest BCUT2D eigenvalue weighted by Gasteiger charge is -2.10. The first-order valence-corrected chi connectivity index (χ1v) is 8.28. The van der Waals surface area contributed by atoms with Gasteiger partial charge in [0.2, 0.25) is 0 Å². The van der Waals surface area contributed by atoms with Gasteiger partial charge < -0.3 is 10.6 Å². The molecule has 2 aromatic heterocycles. The van der Waals surface area contributed by atoms with E-state index < -0.39 is 11.9 Å². The third-order valence-corrected chi connectivity index (χ3v) is 3.87. The van der Waals surface area contributed by atoms with Gasteiger partial charge in [-0.05, 0) is 18.6 Å². The molecule has 0 bridgehead atoms. The Kier molecular flexibility index (Phi) is 8.86. The summed E-state index contributed by atoms with van der Waals surface area (Å²) >= 11 is 6.67. The van der Waals surface area contributed by atoms with E-state index in [0.717, 1.165) is 22.3 Å². The molecule has 0 atom stereocenters. The van der Waals surface area contributed by atoms with E-state index >= 15 is 0 Å². The number of nitrogens with one attached hydrogen (secondary N) is 2. The molecule has 0 fully saturated rings. The number of nitrogens with zero attached hydrogens (tertiary/aromatic N) is 3. The van der Waals surface area contributed by atoms with Crippen LogP contribution in [0, 0.1) is 0 Å². The topological polar surface area (TPSA) is 62.2 Å². The Bertz CT molecular complexity index is 691. The SMILES string of the molecule is CCNC(=NCc1ccc(Cl)nc1)NCc1nc(C(F)(F)F)cs1.I. The summed E-state index contributed by atoms with van der Waals surface area (Å²) in [5, 5.41) is 7.71. The molecule has 25 heavy (non-hydrogen) atoms. The summed E-state index contributed by atoms with van der Waals surface area (Å²) in [6.07, 6.45) is -2.80. The van der Waals surface area contributed by atoms with Crippen LogP contribution in [0.3, 0.4) is 0 Å². The van der Waals surface area contributed by atoms with Crippen molar-refractivity contribution >= 4 is 52.9 Å². The van der Waals surface area contributed by atoms with Gasteiger partial charge in [0.1, 0.15) is 10.2 Å². The Balaban J connectivity index is 0.00000312. The molecule has 0 saturated carbocycles. The fourth-order valence-corrected chi connectivity index (χ4v) is 2.55. The van der Waals surface area contributed by atoms with Crippen LogP contribution in [0.2, 0.25) is 5.15 Å². The quantitative estimate of drug-likeness (QED) is 0.278. The molecular weight excluding hydrogens is 490 g/mol. The van der Waals surface area contributed by atoms with Crippen molar-refractivity contribution in [3.63, 3.8) is 0 Å². The molecular formula is C14H16ClF3IN5S. The van der Waals surface area contributed by atoms with Crippen molar-refractivity contribution in [3.05, 3.63) is 45.1 Å². The first-order valence-electron chi connectivity index (χ1n) is 7.02. The first-order chi connectivity index (χ1) is 11.4. The summed E-state index contributed by atoms with van der Waals surface area (Å²) in [5.41, 5.74) is -0.0105. The zero-order valence-electron chi connectivity index (χ0n) is 13.1. The number of pyridine rings is 1. The van der Waals surface area contributed by atoms with Gasteiger partial charge in [-0.2, -0.15) is 13.2 Å². The van der Waals surface area contributed by atoms with Crippen molar-refractivity contribution in [2.24, 2.45) is 4.99 Å². The number of hydrogen-bond acceptors (Lipinski definition) is 4. The van der Waals surface area contributed by atoms with E-state index in [1.807, 2.05) is 6.92 Å². The Labute approximate surface area is 169 Å². The molecule has 0 aliphatic carbocycles. The molecule has 0 aromatic carbocycles. The van der Waals surface area contributed by atoms with Crippen molar-refractivity contribution in [1.29, 1.82) is 0 Å². The van der Waals surface area contributed by atoms with Crippen LogP contribution in [0.4, 0.5) is 13.2 Å². The van der Waals surface area contributed by atoms with E-state index in [4.69, 9.17) is 11.6 Å². The highest BCUT2D eigenvalue weighted by Crippen LogP contribution is 2.29. The van der Waals surface area contributed by atoms with Crippen LogP contribution in [-0.2, 0) is 19.3 Å². The molecule has 11 heteroatoms. The predicted octanol–water partition coefficient (Wildman–Crippen LogP) is 4.08. The number of hydrogen-bond donors (Lipinski definition) is 2. The Morgan fingerprint density at radius 3 is 2.64 bits per heavy atom. The molecule has 0 saturated heterocycles. The molecule has 138 valence electrons. The number of guanidine groups is 1. The second-order valence-corrected chi connectivity index (χ2v) is 5.99. The van der Waals surface area contributed by atoms with E-state index in [-0.39, 0.29) is 30.5 Å². The summed E-state index contributed by atoms with van der Waals surface area (Å²) in [4.78, 5) is 11.9. The molecule has 0 aliphatic rings. The predicted molar refractivity (Wildman–Crippen MR) is 103 cm³/mol. The van der Waals surface area contributed by atoms with Gasteiger partial charge >= 0.3 is 6.18 Å². The Morgan fingerprint density at radius 1 is 1.32 bits per heavy atom. The smallest absolute Gasteiger partial charge is 0.357 e. The average molecular weight is 506 g/mol. The zero-order chi connectivity index (χ0) is 17.6. The summed E-state index contributed by atoms with van der Waals surface area (Å²) in [7, 11) is 0. The minimum absolute atomic E-state index is 0. The number of thiazole rings is 1. The molecule has 0 amide bonds. The normalized spacial score (nSPS) is 11.8. The zero-order valence-corrected chi connectivity index (χ0v) is 17.0. The first kappa shape index (κ1) is 21.9.